The van der Waals surface area contributed by atoms with E-state index in [2.05, 4.69) is 23.0 Å². The summed E-state index contributed by atoms with van der Waals surface area (Å²) >= 11 is 3.16. The first-order valence-corrected chi connectivity index (χ1v) is 10.7. The van der Waals surface area contributed by atoms with Crippen molar-refractivity contribution in [2.45, 2.75) is 24.4 Å². The third-order valence-electron chi connectivity index (χ3n) is 4.48. The van der Waals surface area contributed by atoms with Crippen molar-refractivity contribution in [3.8, 4) is 0 Å². The van der Waals surface area contributed by atoms with Gasteiger partial charge in [-0.15, -0.1) is 11.3 Å². The van der Waals surface area contributed by atoms with Crippen molar-refractivity contribution < 1.29 is 9.21 Å². The Hall–Kier alpha value is -2.64. The van der Waals surface area contributed by atoms with Crippen LogP contribution in [0.15, 0.2) is 63.7 Å². The quantitative estimate of drug-likeness (QED) is 0.325. The van der Waals surface area contributed by atoms with Gasteiger partial charge in [-0.25, -0.2) is 9.97 Å². The molecule has 0 N–H and O–H groups in total. The van der Waals surface area contributed by atoms with Gasteiger partial charge in [0.1, 0.15) is 5.58 Å². The third-order valence-corrected chi connectivity index (χ3v) is 6.39. The van der Waals surface area contributed by atoms with Crippen molar-refractivity contribution in [3.05, 3.63) is 75.9 Å². The molecule has 0 aliphatic heterocycles. The summed E-state index contributed by atoms with van der Waals surface area (Å²) < 4.78 is 5.98. The Bertz CT molecular complexity index is 1110. The van der Waals surface area contributed by atoms with E-state index in [9.17, 15) is 4.79 Å². The maximum atomic E-state index is 13.2. The number of furan rings is 1. The van der Waals surface area contributed by atoms with Gasteiger partial charge in [0.25, 0.3) is 5.91 Å². The van der Waals surface area contributed by atoms with Gasteiger partial charge in [0, 0.05) is 41.0 Å². The molecule has 4 aromatic rings. The molecule has 142 valence electrons. The number of hydrogen-bond donors (Lipinski definition) is 0. The summed E-state index contributed by atoms with van der Waals surface area (Å²) in [4.78, 5) is 24.6. The number of nitrogens with zero attached hydrogens (tertiary/aromatic N) is 3. The topological polar surface area (TPSA) is 59.2 Å². The number of hydrogen-bond acceptors (Lipinski definition) is 6. The zero-order chi connectivity index (χ0) is 19.5. The SMILES string of the molecule is Cc1ccsc1CN(C)C(=O)c1oc2ccccc2c1CSc1ncccn1. The van der Waals surface area contributed by atoms with Crippen LogP contribution in [0.4, 0.5) is 0 Å². The molecule has 1 amide bonds. The van der Waals surface area contributed by atoms with E-state index in [-0.39, 0.29) is 5.91 Å². The van der Waals surface area contributed by atoms with Crippen LogP contribution in [0.2, 0.25) is 0 Å². The highest BCUT2D eigenvalue weighted by Crippen LogP contribution is 2.32. The van der Waals surface area contributed by atoms with E-state index in [1.54, 1.807) is 34.7 Å². The molecule has 0 bridgehead atoms. The second-order valence-corrected chi connectivity index (χ2v) is 8.36. The first kappa shape index (κ1) is 18.7. The lowest BCUT2D eigenvalue weighted by Gasteiger charge is -2.16. The van der Waals surface area contributed by atoms with Gasteiger partial charge >= 0.3 is 0 Å². The fourth-order valence-corrected chi connectivity index (χ4v) is 4.73. The van der Waals surface area contributed by atoms with Crippen LogP contribution in [0.25, 0.3) is 11.0 Å². The minimum atomic E-state index is -0.117. The van der Waals surface area contributed by atoms with Gasteiger partial charge in [-0.3, -0.25) is 4.79 Å². The molecule has 3 aromatic heterocycles. The summed E-state index contributed by atoms with van der Waals surface area (Å²) in [7, 11) is 1.81. The Morgan fingerprint density at radius 1 is 1.18 bits per heavy atom. The molecule has 0 fully saturated rings. The minimum absolute atomic E-state index is 0.117. The zero-order valence-corrected chi connectivity index (χ0v) is 17.2. The largest absolute Gasteiger partial charge is 0.451 e. The van der Waals surface area contributed by atoms with Crippen LogP contribution < -0.4 is 0 Å². The number of thiophene rings is 1. The number of aryl methyl sites for hydroxylation is 1. The van der Waals surface area contributed by atoms with Gasteiger partial charge in [0.05, 0.1) is 6.54 Å². The molecule has 0 spiro atoms. The van der Waals surface area contributed by atoms with E-state index in [0.29, 0.717) is 23.2 Å². The van der Waals surface area contributed by atoms with Crippen molar-refractivity contribution in [2.24, 2.45) is 0 Å². The van der Waals surface area contributed by atoms with E-state index < -0.39 is 0 Å². The predicted octanol–water partition coefficient (Wildman–Crippen LogP) is 5.16. The summed E-state index contributed by atoms with van der Waals surface area (Å²) in [5.74, 6) is 0.837. The molecule has 3 heterocycles. The average Bonchev–Trinajstić information content (AvgIpc) is 3.30. The fourth-order valence-electron chi connectivity index (χ4n) is 2.94. The van der Waals surface area contributed by atoms with Crippen LogP contribution in [-0.2, 0) is 12.3 Å². The third kappa shape index (κ3) is 3.81. The second kappa shape index (κ2) is 8.16. The van der Waals surface area contributed by atoms with Crippen molar-refractivity contribution in [2.75, 3.05) is 7.05 Å². The number of para-hydroxylation sites is 1. The highest BCUT2D eigenvalue weighted by Gasteiger charge is 2.24. The number of thioether (sulfide) groups is 1. The maximum absolute atomic E-state index is 13.2. The van der Waals surface area contributed by atoms with Crippen molar-refractivity contribution >= 4 is 40.0 Å². The van der Waals surface area contributed by atoms with E-state index in [1.807, 2.05) is 36.7 Å². The normalized spacial score (nSPS) is 11.1. The molecule has 0 unspecified atom stereocenters. The molecule has 0 radical (unpaired) electrons. The zero-order valence-electron chi connectivity index (χ0n) is 15.6. The van der Waals surface area contributed by atoms with Gasteiger partial charge in [0.15, 0.2) is 10.9 Å². The number of rotatable bonds is 6. The summed E-state index contributed by atoms with van der Waals surface area (Å²) in [6, 6.07) is 11.6. The predicted molar refractivity (Wildman–Crippen MR) is 113 cm³/mol. The smallest absolute Gasteiger partial charge is 0.290 e. The molecule has 0 saturated heterocycles. The van der Waals surface area contributed by atoms with E-state index in [4.69, 9.17) is 4.42 Å². The average molecular weight is 410 g/mol. The monoisotopic (exact) mass is 409 g/mol. The molecule has 0 aliphatic rings. The van der Waals surface area contributed by atoms with Crippen LogP contribution in [0.1, 0.15) is 26.6 Å². The van der Waals surface area contributed by atoms with Gasteiger partial charge in [0.2, 0.25) is 0 Å². The minimum Gasteiger partial charge on any atom is -0.451 e. The van der Waals surface area contributed by atoms with Gasteiger partial charge in [-0.05, 0) is 36.1 Å². The number of carbonyl (C=O) groups excluding carboxylic acids is 1. The lowest BCUT2D eigenvalue weighted by molar-refractivity contribution is 0.0756. The molecular weight excluding hydrogens is 390 g/mol. The number of aromatic nitrogens is 2. The number of benzene rings is 1. The number of amides is 1. The van der Waals surface area contributed by atoms with Crippen molar-refractivity contribution in [1.82, 2.24) is 14.9 Å². The molecule has 4 rings (SSSR count). The van der Waals surface area contributed by atoms with Crippen LogP contribution in [0.5, 0.6) is 0 Å². The first-order valence-electron chi connectivity index (χ1n) is 8.82. The standard InChI is InChI=1S/C21H19N3O2S2/c1-14-8-11-27-18(14)12-24(2)20(25)19-16(13-28-21-22-9-5-10-23-21)15-6-3-4-7-17(15)26-19/h3-11H,12-13H2,1-2H3. The van der Waals surface area contributed by atoms with Crippen LogP contribution in [0, 0.1) is 6.92 Å². The van der Waals surface area contributed by atoms with Crippen LogP contribution in [-0.4, -0.2) is 27.8 Å². The molecule has 0 saturated carbocycles. The summed E-state index contributed by atoms with van der Waals surface area (Å²) in [5, 5.41) is 3.68. The fraction of sp³-hybridized carbons (Fsp3) is 0.190. The summed E-state index contributed by atoms with van der Waals surface area (Å²) in [6.07, 6.45) is 3.43. The highest BCUT2D eigenvalue weighted by molar-refractivity contribution is 7.98. The lowest BCUT2D eigenvalue weighted by atomic mass is 10.1. The van der Waals surface area contributed by atoms with Crippen LogP contribution in [0.3, 0.4) is 0 Å². The maximum Gasteiger partial charge on any atom is 0.290 e. The van der Waals surface area contributed by atoms with Crippen molar-refractivity contribution in [3.63, 3.8) is 0 Å². The molecule has 0 atom stereocenters. The Morgan fingerprint density at radius 3 is 2.71 bits per heavy atom. The Kier molecular flexibility index (Phi) is 5.45. The highest BCUT2D eigenvalue weighted by atomic mass is 32.2. The first-order chi connectivity index (χ1) is 13.6. The number of carbonyl (C=O) groups is 1. The second-order valence-electron chi connectivity index (χ2n) is 6.41. The van der Waals surface area contributed by atoms with E-state index in [1.165, 1.54) is 22.2 Å². The molecule has 28 heavy (non-hydrogen) atoms. The number of fused-ring (bicyclic) bond motifs is 1. The van der Waals surface area contributed by atoms with Gasteiger partial charge in [-0.2, -0.15) is 0 Å². The Labute approximate surface area is 171 Å². The van der Waals surface area contributed by atoms with E-state index >= 15 is 0 Å². The summed E-state index contributed by atoms with van der Waals surface area (Å²) in [5.41, 5.74) is 2.80. The van der Waals surface area contributed by atoms with Crippen molar-refractivity contribution in [1.29, 1.82) is 0 Å². The Morgan fingerprint density at radius 2 is 1.96 bits per heavy atom. The molecule has 1 aromatic carbocycles. The van der Waals surface area contributed by atoms with Gasteiger partial charge in [-0.1, -0.05) is 30.0 Å². The van der Waals surface area contributed by atoms with Gasteiger partial charge < -0.3 is 9.32 Å². The molecule has 7 heteroatoms. The lowest BCUT2D eigenvalue weighted by Crippen LogP contribution is -2.26. The molecule has 5 nitrogen and oxygen atoms in total. The van der Waals surface area contributed by atoms with Crippen LogP contribution >= 0.6 is 23.1 Å². The Balaban J connectivity index is 1.63. The molecule has 0 aliphatic carbocycles. The molecular formula is C21H19N3O2S2. The van der Waals surface area contributed by atoms with E-state index in [0.717, 1.165) is 16.5 Å². The summed E-state index contributed by atoms with van der Waals surface area (Å²) in [6.45, 7) is 2.63.